The highest BCUT2D eigenvalue weighted by molar-refractivity contribution is 4.80. The van der Waals surface area contributed by atoms with Gasteiger partial charge in [-0.05, 0) is 38.3 Å². The monoisotopic (exact) mass is 222 g/mol. The van der Waals surface area contributed by atoms with E-state index in [0.29, 0.717) is 12.0 Å². The minimum absolute atomic E-state index is 0.326. The van der Waals surface area contributed by atoms with Crippen LogP contribution in [0.15, 0.2) is 18.5 Å². The van der Waals surface area contributed by atoms with E-state index in [2.05, 4.69) is 16.9 Å². The minimum Gasteiger partial charge on any atom is -0.328 e. The Morgan fingerprint density at radius 3 is 3.06 bits per heavy atom. The van der Waals surface area contributed by atoms with E-state index in [1.54, 1.807) is 0 Å². The fraction of sp³-hybridized carbons (Fsp3) is 0.750. The standard InChI is InChI=1S/C12H22N4/c1-11(13)12-4-2-6-15(10-12)8-9-16-7-3-5-14-16/h3,5,7,11-12H,2,4,6,8-10,13H2,1H3. The first-order valence-electron chi connectivity index (χ1n) is 6.21. The van der Waals surface area contributed by atoms with Gasteiger partial charge in [0.25, 0.3) is 0 Å². The molecule has 0 bridgehead atoms. The molecular formula is C12H22N4. The average Bonchev–Trinajstić information content (AvgIpc) is 2.79. The van der Waals surface area contributed by atoms with Crippen molar-refractivity contribution in [1.82, 2.24) is 14.7 Å². The Bertz CT molecular complexity index is 294. The van der Waals surface area contributed by atoms with E-state index in [0.717, 1.165) is 19.6 Å². The normalized spacial score (nSPS) is 24.5. The van der Waals surface area contributed by atoms with Gasteiger partial charge in [-0.15, -0.1) is 0 Å². The lowest BCUT2D eigenvalue weighted by Crippen LogP contribution is -2.43. The summed E-state index contributed by atoms with van der Waals surface area (Å²) in [6.45, 7) is 6.56. The van der Waals surface area contributed by atoms with Crippen molar-refractivity contribution in [1.29, 1.82) is 0 Å². The van der Waals surface area contributed by atoms with Crippen molar-refractivity contribution in [3.8, 4) is 0 Å². The van der Waals surface area contributed by atoms with Gasteiger partial charge in [-0.25, -0.2) is 0 Å². The molecule has 0 saturated carbocycles. The fourth-order valence-electron chi connectivity index (χ4n) is 2.40. The number of rotatable bonds is 4. The Balaban J connectivity index is 1.77. The van der Waals surface area contributed by atoms with E-state index < -0.39 is 0 Å². The van der Waals surface area contributed by atoms with Crippen LogP contribution in [0.2, 0.25) is 0 Å². The molecule has 1 aliphatic rings. The van der Waals surface area contributed by atoms with Gasteiger partial charge in [0.1, 0.15) is 0 Å². The first kappa shape index (κ1) is 11.6. The number of piperidine rings is 1. The molecule has 4 heteroatoms. The van der Waals surface area contributed by atoms with Crippen molar-refractivity contribution in [2.75, 3.05) is 19.6 Å². The first-order valence-corrected chi connectivity index (χ1v) is 6.21. The van der Waals surface area contributed by atoms with Gasteiger partial charge in [0.05, 0.1) is 6.54 Å². The number of likely N-dealkylation sites (tertiary alicyclic amines) is 1. The van der Waals surface area contributed by atoms with Crippen LogP contribution in [0, 0.1) is 5.92 Å². The largest absolute Gasteiger partial charge is 0.328 e. The number of nitrogens with two attached hydrogens (primary N) is 1. The highest BCUT2D eigenvalue weighted by Gasteiger charge is 2.22. The van der Waals surface area contributed by atoms with Crippen LogP contribution in [0.4, 0.5) is 0 Å². The zero-order valence-corrected chi connectivity index (χ0v) is 10.0. The molecule has 2 rings (SSSR count). The van der Waals surface area contributed by atoms with Gasteiger partial charge in [-0.1, -0.05) is 0 Å². The van der Waals surface area contributed by atoms with Crippen LogP contribution >= 0.6 is 0 Å². The molecule has 90 valence electrons. The van der Waals surface area contributed by atoms with Crippen molar-refractivity contribution in [2.24, 2.45) is 11.7 Å². The van der Waals surface area contributed by atoms with Crippen molar-refractivity contribution in [3.05, 3.63) is 18.5 Å². The summed E-state index contributed by atoms with van der Waals surface area (Å²) >= 11 is 0. The Hall–Kier alpha value is -0.870. The molecule has 1 saturated heterocycles. The van der Waals surface area contributed by atoms with Crippen molar-refractivity contribution >= 4 is 0 Å². The molecule has 1 aromatic rings. The van der Waals surface area contributed by atoms with Crippen LogP contribution in [0.5, 0.6) is 0 Å². The van der Waals surface area contributed by atoms with Crippen LogP contribution in [0.3, 0.4) is 0 Å². The lowest BCUT2D eigenvalue weighted by molar-refractivity contribution is 0.155. The van der Waals surface area contributed by atoms with Gasteiger partial charge >= 0.3 is 0 Å². The smallest absolute Gasteiger partial charge is 0.0536 e. The second-order valence-electron chi connectivity index (χ2n) is 4.83. The molecule has 16 heavy (non-hydrogen) atoms. The number of hydrogen-bond acceptors (Lipinski definition) is 3. The van der Waals surface area contributed by atoms with Crippen LogP contribution in [-0.4, -0.2) is 40.4 Å². The summed E-state index contributed by atoms with van der Waals surface area (Å²) in [5.74, 6) is 0.673. The molecule has 1 aliphatic heterocycles. The van der Waals surface area contributed by atoms with E-state index in [1.165, 1.54) is 19.4 Å². The highest BCUT2D eigenvalue weighted by Crippen LogP contribution is 2.18. The van der Waals surface area contributed by atoms with Gasteiger partial charge in [0.15, 0.2) is 0 Å². The molecule has 0 amide bonds. The summed E-state index contributed by atoms with van der Waals surface area (Å²) in [6.07, 6.45) is 6.43. The van der Waals surface area contributed by atoms with Crippen LogP contribution in [-0.2, 0) is 6.54 Å². The van der Waals surface area contributed by atoms with Gasteiger partial charge in [-0.3, -0.25) is 4.68 Å². The van der Waals surface area contributed by atoms with Crippen LogP contribution < -0.4 is 5.73 Å². The van der Waals surface area contributed by atoms with Gasteiger partial charge < -0.3 is 10.6 Å². The Morgan fingerprint density at radius 2 is 2.38 bits per heavy atom. The predicted molar refractivity (Wildman–Crippen MR) is 65.0 cm³/mol. The number of aromatic nitrogens is 2. The van der Waals surface area contributed by atoms with Gasteiger partial charge in [-0.2, -0.15) is 5.10 Å². The maximum absolute atomic E-state index is 5.98. The average molecular weight is 222 g/mol. The molecule has 2 unspecified atom stereocenters. The fourth-order valence-corrected chi connectivity index (χ4v) is 2.40. The predicted octanol–water partition coefficient (Wildman–Crippen LogP) is 0.942. The van der Waals surface area contributed by atoms with E-state index in [1.807, 2.05) is 23.1 Å². The van der Waals surface area contributed by atoms with Crippen LogP contribution in [0.25, 0.3) is 0 Å². The molecule has 2 heterocycles. The lowest BCUT2D eigenvalue weighted by Gasteiger charge is -2.34. The Morgan fingerprint density at radius 1 is 1.50 bits per heavy atom. The molecule has 2 N–H and O–H groups in total. The molecule has 2 atom stereocenters. The number of hydrogen-bond donors (Lipinski definition) is 1. The first-order chi connectivity index (χ1) is 7.75. The molecule has 0 aliphatic carbocycles. The van der Waals surface area contributed by atoms with Crippen molar-refractivity contribution < 1.29 is 0 Å². The zero-order valence-electron chi connectivity index (χ0n) is 10.0. The second kappa shape index (κ2) is 5.46. The zero-order chi connectivity index (χ0) is 11.4. The summed E-state index contributed by atoms with van der Waals surface area (Å²) < 4.78 is 2.00. The summed E-state index contributed by atoms with van der Waals surface area (Å²) in [5, 5.41) is 4.22. The third-order valence-corrected chi connectivity index (χ3v) is 3.49. The SMILES string of the molecule is CC(N)C1CCCN(CCn2cccn2)C1. The Labute approximate surface area is 97.4 Å². The molecule has 0 spiro atoms. The van der Waals surface area contributed by atoms with Gasteiger partial charge in [0, 0.05) is 31.5 Å². The third kappa shape index (κ3) is 3.06. The van der Waals surface area contributed by atoms with E-state index in [9.17, 15) is 0 Å². The third-order valence-electron chi connectivity index (χ3n) is 3.49. The van der Waals surface area contributed by atoms with Gasteiger partial charge in [0.2, 0.25) is 0 Å². The molecule has 0 radical (unpaired) electrons. The summed E-state index contributed by atoms with van der Waals surface area (Å²) in [6, 6.07) is 2.30. The maximum Gasteiger partial charge on any atom is 0.0536 e. The van der Waals surface area contributed by atoms with Crippen LogP contribution in [0.1, 0.15) is 19.8 Å². The van der Waals surface area contributed by atoms with Crippen molar-refractivity contribution in [3.63, 3.8) is 0 Å². The van der Waals surface area contributed by atoms with E-state index in [4.69, 9.17) is 5.73 Å². The van der Waals surface area contributed by atoms with E-state index in [-0.39, 0.29) is 0 Å². The molecule has 1 aromatic heterocycles. The molecule has 4 nitrogen and oxygen atoms in total. The quantitative estimate of drug-likeness (QED) is 0.825. The minimum atomic E-state index is 0.326. The van der Waals surface area contributed by atoms with E-state index >= 15 is 0 Å². The Kier molecular flexibility index (Phi) is 3.96. The summed E-state index contributed by atoms with van der Waals surface area (Å²) in [4.78, 5) is 2.51. The molecule has 1 fully saturated rings. The summed E-state index contributed by atoms with van der Waals surface area (Å²) in [7, 11) is 0. The molecular weight excluding hydrogens is 200 g/mol. The molecule has 0 aromatic carbocycles. The topological polar surface area (TPSA) is 47.1 Å². The lowest BCUT2D eigenvalue weighted by atomic mass is 9.92. The highest BCUT2D eigenvalue weighted by atomic mass is 15.3. The second-order valence-corrected chi connectivity index (χ2v) is 4.83. The summed E-state index contributed by atoms with van der Waals surface area (Å²) in [5.41, 5.74) is 5.98. The number of nitrogens with zero attached hydrogens (tertiary/aromatic N) is 3. The maximum atomic E-state index is 5.98. The van der Waals surface area contributed by atoms with Crippen molar-refractivity contribution in [2.45, 2.75) is 32.4 Å².